The van der Waals surface area contributed by atoms with Gasteiger partial charge in [-0.1, -0.05) is 30.1 Å². The molecule has 0 spiro atoms. The molecule has 0 radical (unpaired) electrons. The van der Waals surface area contributed by atoms with Gasteiger partial charge in [0.1, 0.15) is 4.90 Å². The first-order valence-corrected chi connectivity index (χ1v) is 9.06. The van der Waals surface area contributed by atoms with E-state index in [1.54, 1.807) is 10.4 Å². The smallest absolute Gasteiger partial charge is 0.244 e. The lowest BCUT2D eigenvalue weighted by Gasteiger charge is -2.24. The second-order valence-corrected chi connectivity index (χ2v) is 9.17. The molecule has 0 aromatic heterocycles. The van der Waals surface area contributed by atoms with Crippen LogP contribution < -0.4 is 0 Å². The summed E-state index contributed by atoms with van der Waals surface area (Å²) in [7, 11) is -1.48. The van der Waals surface area contributed by atoms with Crippen molar-refractivity contribution in [1.82, 2.24) is 9.21 Å². The molecule has 2 heterocycles. The Morgan fingerprint density at radius 3 is 2.57 bits per heavy atom. The van der Waals surface area contributed by atoms with Gasteiger partial charge in [-0.05, 0) is 36.6 Å². The van der Waals surface area contributed by atoms with Gasteiger partial charge in [0, 0.05) is 31.2 Å². The summed E-state index contributed by atoms with van der Waals surface area (Å²) in [5, 5.41) is 0.618. The molecule has 2 fully saturated rings. The van der Waals surface area contributed by atoms with Gasteiger partial charge in [0.2, 0.25) is 10.0 Å². The number of likely N-dealkylation sites (tertiary alicyclic amines) is 1. The molecule has 7 heteroatoms. The van der Waals surface area contributed by atoms with Crippen molar-refractivity contribution >= 4 is 33.2 Å². The summed E-state index contributed by atoms with van der Waals surface area (Å²) in [5.74, 6) is 0.378. The molecule has 116 valence electrons. The molecular formula is C14H18Cl2N2O2S. The van der Waals surface area contributed by atoms with E-state index in [1.807, 2.05) is 0 Å². The minimum Gasteiger partial charge on any atom is -0.305 e. The molecule has 1 aromatic carbocycles. The highest BCUT2D eigenvalue weighted by Gasteiger charge is 2.51. The van der Waals surface area contributed by atoms with Gasteiger partial charge in [-0.25, -0.2) is 8.42 Å². The molecule has 21 heavy (non-hydrogen) atoms. The maximum atomic E-state index is 12.8. The molecule has 1 aromatic rings. The average Bonchev–Trinajstić information content (AvgIpc) is 2.79. The number of hydrogen-bond acceptors (Lipinski definition) is 3. The molecule has 0 aliphatic carbocycles. The van der Waals surface area contributed by atoms with Gasteiger partial charge in [0.25, 0.3) is 0 Å². The number of halogens is 2. The summed E-state index contributed by atoms with van der Waals surface area (Å²) < 4.78 is 27.2. The standard InChI is InChI=1S/C14H18Cl2N2O2S/c1-14-8-17(2)6-10(14)7-18(9-14)21(19,20)13-4-3-11(15)5-12(13)16/h3-5,10H,6-9H2,1-2H3/t10-,14+/m1/s1. The first kappa shape index (κ1) is 15.6. The van der Waals surface area contributed by atoms with Crippen LogP contribution in [0.5, 0.6) is 0 Å². The summed E-state index contributed by atoms with van der Waals surface area (Å²) in [6, 6.07) is 4.53. The topological polar surface area (TPSA) is 40.6 Å². The van der Waals surface area contributed by atoms with Crippen LogP contribution >= 0.6 is 23.2 Å². The predicted molar refractivity (Wildman–Crippen MR) is 84.3 cm³/mol. The van der Waals surface area contributed by atoms with E-state index in [4.69, 9.17) is 23.2 Å². The van der Waals surface area contributed by atoms with E-state index in [9.17, 15) is 8.42 Å². The van der Waals surface area contributed by atoms with Gasteiger partial charge in [-0.2, -0.15) is 4.31 Å². The maximum Gasteiger partial charge on any atom is 0.244 e. The van der Waals surface area contributed by atoms with Gasteiger partial charge in [0.15, 0.2) is 0 Å². The van der Waals surface area contributed by atoms with Crippen LogP contribution in [0.3, 0.4) is 0 Å². The third kappa shape index (κ3) is 2.59. The van der Waals surface area contributed by atoms with Crippen molar-refractivity contribution in [3.8, 4) is 0 Å². The Morgan fingerprint density at radius 2 is 1.95 bits per heavy atom. The van der Waals surface area contributed by atoms with Gasteiger partial charge in [0.05, 0.1) is 5.02 Å². The van der Waals surface area contributed by atoms with Gasteiger partial charge >= 0.3 is 0 Å². The Morgan fingerprint density at radius 1 is 1.24 bits per heavy atom. The van der Waals surface area contributed by atoms with E-state index >= 15 is 0 Å². The number of sulfonamides is 1. The van der Waals surface area contributed by atoms with E-state index < -0.39 is 10.0 Å². The third-order valence-corrected chi connectivity index (χ3v) is 7.15. The largest absolute Gasteiger partial charge is 0.305 e. The van der Waals surface area contributed by atoms with Crippen LogP contribution in [0.15, 0.2) is 23.1 Å². The van der Waals surface area contributed by atoms with Gasteiger partial charge in [-0.15, -0.1) is 0 Å². The molecule has 0 saturated carbocycles. The first-order valence-electron chi connectivity index (χ1n) is 6.86. The Bertz CT molecular complexity index is 680. The van der Waals surface area contributed by atoms with Crippen molar-refractivity contribution in [3.63, 3.8) is 0 Å². The van der Waals surface area contributed by atoms with Crippen LogP contribution in [-0.4, -0.2) is 50.8 Å². The number of hydrogen-bond donors (Lipinski definition) is 0. The van der Waals surface area contributed by atoms with Gasteiger partial charge in [-0.3, -0.25) is 0 Å². The molecule has 2 atom stereocenters. The van der Waals surface area contributed by atoms with Crippen molar-refractivity contribution in [2.24, 2.45) is 11.3 Å². The second-order valence-electron chi connectivity index (χ2n) is 6.42. The van der Waals surface area contributed by atoms with Gasteiger partial charge < -0.3 is 4.90 Å². The second kappa shape index (κ2) is 5.10. The van der Waals surface area contributed by atoms with Crippen LogP contribution in [-0.2, 0) is 10.0 Å². The minimum atomic E-state index is -3.56. The highest BCUT2D eigenvalue weighted by molar-refractivity contribution is 7.89. The molecule has 2 saturated heterocycles. The quantitative estimate of drug-likeness (QED) is 0.824. The van der Waals surface area contributed by atoms with Crippen molar-refractivity contribution in [1.29, 1.82) is 0 Å². The summed E-state index contributed by atoms with van der Waals surface area (Å²) in [5.41, 5.74) is 0.0285. The van der Waals surface area contributed by atoms with Crippen LogP contribution in [0.1, 0.15) is 6.92 Å². The Kier molecular flexibility index (Phi) is 3.78. The number of fused-ring (bicyclic) bond motifs is 1. The molecule has 0 unspecified atom stereocenters. The predicted octanol–water partition coefficient (Wildman–Crippen LogP) is 2.57. The maximum absolute atomic E-state index is 12.8. The van der Waals surface area contributed by atoms with E-state index in [1.165, 1.54) is 12.1 Å². The molecule has 4 nitrogen and oxygen atoms in total. The minimum absolute atomic E-state index is 0.0285. The molecule has 0 bridgehead atoms. The van der Waals surface area contributed by atoms with E-state index in [2.05, 4.69) is 18.9 Å². The molecule has 0 N–H and O–H groups in total. The normalized spacial score (nSPS) is 30.8. The van der Waals surface area contributed by atoms with Crippen LogP contribution in [0, 0.1) is 11.3 Å². The Balaban J connectivity index is 1.91. The molecule has 3 rings (SSSR count). The summed E-state index contributed by atoms with van der Waals surface area (Å²) in [6.45, 7) is 5.14. The van der Waals surface area contributed by atoms with Crippen molar-refractivity contribution in [3.05, 3.63) is 28.2 Å². The van der Waals surface area contributed by atoms with Crippen LogP contribution in [0.4, 0.5) is 0 Å². The fraction of sp³-hybridized carbons (Fsp3) is 0.571. The molecule has 2 aliphatic rings. The molecular weight excluding hydrogens is 331 g/mol. The summed E-state index contributed by atoms with van der Waals surface area (Å²) >= 11 is 11.9. The van der Waals surface area contributed by atoms with E-state index in [-0.39, 0.29) is 15.3 Å². The fourth-order valence-electron chi connectivity index (χ4n) is 3.58. The average molecular weight is 349 g/mol. The van der Waals surface area contributed by atoms with E-state index in [0.29, 0.717) is 24.0 Å². The Labute approximate surface area is 135 Å². The molecule has 0 amide bonds. The lowest BCUT2D eigenvalue weighted by Crippen LogP contribution is -2.34. The lowest BCUT2D eigenvalue weighted by molar-refractivity contribution is 0.290. The molecule has 2 aliphatic heterocycles. The Hall–Kier alpha value is -0.330. The van der Waals surface area contributed by atoms with Crippen LogP contribution in [0.25, 0.3) is 0 Å². The SMILES string of the molecule is CN1C[C@@H]2CN(S(=O)(=O)c3ccc(Cl)cc3Cl)C[C@]2(C)C1. The zero-order chi connectivity index (χ0) is 15.4. The third-order valence-electron chi connectivity index (χ3n) is 4.62. The van der Waals surface area contributed by atoms with Crippen LogP contribution in [0.2, 0.25) is 10.0 Å². The first-order chi connectivity index (χ1) is 9.72. The zero-order valence-corrected chi connectivity index (χ0v) is 14.3. The number of benzene rings is 1. The summed E-state index contributed by atoms with van der Waals surface area (Å²) in [4.78, 5) is 2.41. The van der Waals surface area contributed by atoms with Crippen molar-refractivity contribution in [2.45, 2.75) is 11.8 Å². The highest BCUT2D eigenvalue weighted by atomic mass is 35.5. The van der Waals surface area contributed by atoms with E-state index in [0.717, 1.165) is 13.1 Å². The van der Waals surface area contributed by atoms with Crippen molar-refractivity contribution < 1.29 is 8.42 Å². The fourth-order valence-corrected chi connectivity index (χ4v) is 5.95. The number of rotatable bonds is 2. The highest BCUT2D eigenvalue weighted by Crippen LogP contribution is 2.43. The zero-order valence-electron chi connectivity index (χ0n) is 12.0. The van der Waals surface area contributed by atoms with Crippen molar-refractivity contribution in [2.75, 3.05) is 33.2 Å². The lowest BCUT2D eigenvalue weighted by atomic mass is 9.83. The summed E-state index contributed by atoms with van der Waals surface area (Å²) in [6.07, 6.45) is 0. The number of nitrogens with zero attached hydrogens (tertiary/aromatic N) is 2. The monoisotopic (exact) mass is 348 g/mol.